The molecule has 3 aromatic rings. The molecule has 0 aliphatic heterocycles. The van der Waals surface area contributed by atoms with E-state index in [1.165, 1.54) is 0 Å². The molecule has 0 spiro atoms. The summed E-state index contributed by atoms with van der Waals surface area (Å²) in [6.45, 7) is -0.142. The van der Waals surface area contributed by atoms with Crippen LogP contribution in [0.15, 0.2) is 72.8 Å². The maximum Gasteiger partial charge on any atom is 0.245 e. The zero-order chi connectivity index (χ0) is 21.1. The van der Waals surface area contributed by atoms with Gasteiger partial charge in [-0.05, 0) is 62.5 Å². The highest BCUT2D eigenvalue weighted by Gasteiger charge is 2.35. The Balaban J connectivity index is 1.49. The Morgan fingerprint density at radius 2 is 1.57 bits per heavy atom. The fourth-order valence-corrected chi connectivity index (χ4v) is 4.45. The van der Waals surface area contributed by atoms with E-state index in [-0.39, 0.29) is 5.91 Å². The third-order valence-corrected chi connectivity index (χ3v) is 5.94. The first-order chi connectivity index (χ1) is 14.6. The van der Waals surface area contributed by atoms with Crippen LogP contribution in [0, 0.1) is 3.57 Å². The average Bonchev–Trinajstić information content (AvgIpc) is 3.10. The topological polar surface area (TPSA) is 78.4 Å². The second-order valence-corrected chi connectivity index (χ2v) is 8.44. The first-order valence-electron chi connectivity index (χ1n) is 9.70. The summed E-state index contributed by atoms with van der Waals surface area (Å²) >= 11 is 2.21. The van der Waals surface area contributed by atoms with Crippen molar-refractivity contribution in [1.29, 1.82) is 0 Å². The standard InChI is InChI=1S/C24H21IN2O3/c25-16-7-5-6-15(12-16)13-26-23(29)21(14-28)27-24(30)22-19-10-3-1-8-17(19)18-9-2-4-11-20(18)22/h1-12,21-22,28H,13-14H2,(H,26,29)(H,27,30)/t21-/m0/s1. The number of carbonyl (C=O) groups excluding carboxylic acids is 2. The van der Waals surface area contributed by atoms with Crippen molar-refractivity contribution in [3.8, 4) is 11.1 Å². The SMILES string of the molecule is O=C(N[C@@H](CO)C(=O)NCc1cccc(I)c1)C1c2ccccc2-c2ccccc21. The molecule has 0 fully saturated rings. The fourth-order valence-electron chi connectivity index (χ4n) is 3.85. The van der Waals surface area contributed by atoms with Gasteiger partial charge in [0.05, 0.1) is 12.5 Å². The number of aliphatic hydroxyl groups is 1. The van der Waals surface area contributed by atoms with Crippen molar-refractivity contribution in [1.82, 2.24) is 10.6 Å². The number of aliphatic hydroxyl groups excluding tert-OH is 1. The largest absolute Gasteiger partial charge is 0.394 e. The summed E-state index contributed by atoms with van der Waals surface area (Å²) in [5.41, 5.74) is 4.82. The minimum Gasteiger partial charge on any atom is -0.394 e. The number of benzene rings is 3. The lowest BCUT2D eigenvalue weighted by Gasteiger charge is -2.20. The summed E-state index contributed by atoms with van der Waals surface area (Å²) in [6, 6.07) is 22.3. The molecular formula is C24H21IN2O3. The average molecular weight is 512 g/mol. The predicted molar refractivity (Wildman–Crippen MR) is 124 cm³/mol. The molecule has 152 valence electrons. The molecular weight excluding hydrogens is 491 g/mol. The molecule has 0 heterocycles. The molecule has 0 aromatic heterocycles. The molecule has 1 aliphatic carbocycles. The highest BCUT2D eigenvalue weighted by atomic mass is 127. The van der Waals surface area contributed by atoms with Crippen LogP contribution in [-0.2, 0) is 16.1 Å². The van der Waals surface area contributed by atoms with Gasteiger partial charge in [0.2, 0.25) is 11.8 Å². The van der Waals surface area contributed by atoms with Crippen LogP contribution >= 0.6 is 22.6 Å². The molecule has 0 saturated carbocycles. The van der Waals surface area contributed by atoms with Crippen LogP contribution in [0.25, 0.3) is 11.1 Å². The van der Waals surface area contributed by atoms with Crippen molar-refractivity contribution in [3.63, 3.8) is 0 Å². The van der Waals surface area contributed by atoms with Crippen LogP contribution in [0.3, 0.4) is 0 Å². The predicted octanol–water partition coefficient (Wildman–Crippen LogP) is 3.20. The quantitative estimate of drug-likeness (QED) is 0.444. The smallest absolute Gasteiger partial charge is 0.245 e. The lowest BCUT2D eigenvalue weighted by Crippen LogP contribution is -2.49. The number of fused-ring (bicyclic) bond motifs is 3. The van der Waals surface area contributed by atoms with Gasteiger partial charge in [0.15, 0.2) is 0 Å². The molecule has 0 radical (unpaired) electrons. The molecule has 6 heteroatoms. The molecule has 3 N–H and O–H groups in total. The highest BCUT2D eigenvalue weighted by molar-refractivity contribution is 14.1. The van der Waals surface area contributed by atoms with E-state index < -0.39 is 24.5 Å². The lowest BCUT2D eigenvalue weighted by molar-refractivity contribution is -0.130. The summed E-state index contributed by atoms with van der Waals surface area (Å²) in [5, 5.41) is 15.3. The third-order valence-electron chi connectivity index (χ3n) is 5.27. The summed E-state index contributed by atoms with van der Waals surface area (Å²) in [7, 11) is 0. The van der Waals surface area contributed by atoms with Crippen molar-refractivity contribution < 1.29 is 14.7 Å². The van der Waals surface area contributed by atoms with Gasteiger partial charge in [0.25, 0.3) is 0 Å². The van der Waals surface area contributed by atoms with Gasteiger partial charge >= 0.3 is 0 Å². The minimum atomic E-state index is -1.01. The Morgan fingerprint density at radius 1 is 0.933 bits per heavy atom. The number of amides is 2. The minimum absolute atomic E-state index is 0.296. The van der Waals surface area contributed by atoms with E-state index in [4.69, 9.17) is 0 Å². The van der Waals surface area contributed by atoms with Crippen LogP contribution in [0.2, 0.25) is 0 Å². The summed E-state index contributed by atoms with van der Waals surface area (Å²) in [4.78, 5) is 25.7. The van der Waals surface area contributed by atoms with E-state index in [9.17, 15) is 14.7 Å². The van der Waals surface area contributed by atoms with Crippen LogP contribution in [0.5, 0.6) is 0 Å². The van der Waals surface area contributed by atoms with Gasteiger partial charge in [-0.2, -0.15) is 0 Å². The second-order valence-electron chi connectivity index (χ2n) is 7.20. The van der Waals surface area contributed by atoms with Crippen molar-refractivity contribution in [2.75, 3.05) is 6.61 Å². The van der Waals surface area contributed by atoms with Gasteiger partial charge in [-0.1, -0.05) is 60.7 Å². The number of hydrogen-bond acceptors (Lipinski definition) is 3. The summed E-state index contributed by atoms with van der Waals surface area (Å²) < 4.78 is 1.07. The second kappa shape index (κ2) is 8.97. The zero-order valence-electron chi connectivity index (χ0n) is 16.1. The first kappa shape index (κ1) is 20.6. The number of hydrogen-bond donors (Lipinski definition) is 3. The molecule has 1 aliphatic rings. The Hall–Kier alpha value is -2.71. The van der Waals surface area contributed by atoms with Crippen LogP contribution < -0.4 is 10.6 Å². The highest BCUT2D eigenvalue weighted by Crippen LogP contribution is 2.44. The van der Waals surface area contributed by atoms with Gasteiger partial charge < -0.3 is 15.7 Å². The van der Waals surface area contributed by atoms with Crippen LogP contribution in [0.4, 0.5) is 0 Å². The van der Waals surface area contributed by atoms with Gasteiger partial charge in [-0.3, -0.25) is 9.59 Å². The molecule has 30 heavy (non-hydrogen) atoms. The maximum absolute atomic E-state index is 13.2. The molecule has 0 unspecified atom stereocenters. The first-order valence-corrected chi connectivity index (χ1v) is 10.8. The zero-order valence-corrected chi connectivity index (χ0v) is 18.3. The van der Waals surface area contributed by atoms with Crippen LogP contribution in [0.1, 0.15) is 22.6 Å². The van der Waals surface area contributed by atoms with E-state index >= 15 is 0 Å². The lowest BCUT2D eigenvalue weighted by atomic mass is 9.95. The summed E-state index contributed by atoms with van der Waals surface area (Å²) in [6.07, 6.45) is 0. The monoisotopic (exact) mass is 512 g/mol. The number of nitrogens with one attached hydrogen (secondary N) is 2. The van der Waals surface area contributed by atoms with Gasteiger partial charge in [0.1, 0.15) is 6.04 Å². The van der Waals surface area contributed by atoms with Crippen molar-refractivity contribution >= 4 is 34.4 Å². The van der Waals surface area contributed by atoms with Gasteiger partial charge in [-0.25, -0.2) is 0 Å². The van der Waals surface area contributed by atoms with Gasteiger partial charge in [-0.15, -0.1) is 0 Å². The van der Waals surface area contributed by atoms with Gasteiger partial charge in [0, 0.05) is 10.1 Å². The van der Waals surface area contributed by atoms with E-state index in [1.54, 1.807) is 0 Å². The normalized spacial score (nSPS) is 13.3. The summed E-state index contributed by atoms with van der Waals surface area (Å²) in [5.74, 6) is -1.21. The maximum atomic E-state index is 13.2. The molecule has 1 atom stereocenters. The van der Waals surface area contributed by atoms with Crippen molar-refractivity contribution in [2.24, 2.45) is 0 Å². The van der Waals surface area contributed by atoms with E-state index in [1.807, 2.05) is 72.8 Å². The molecule has 5 nitrogen and oxygen atoms in total. The Labute approximate surface area is 188 Å². The molecule has 4 rings (SSSR count). The third kappa shape index (κ3) is 4.11. The fraction of sp³-hybridized carbons (Fsp3) is 0.167. The Kier molecular flexibility index (Phi) is 6.15. The van der Waals surface area contributed by atoms with E-state index in [0.717, 1.165) is 31.4 Å². The Bertz CT molecular complexity index is 1050. The van der Waals surface area contributed by atoms with Crippen LogP contribution in [-0.4, -0.2) is 29.6 Å². The molecule has 2 amide bonds. The van der Waals surface area contributed by atoms with Crippen molar-refractivity contribution in [2.45, 2.75) is 18.5 Å². The number of rotatable bonds is 6. The molecule has 0 bridgehead atoms. The number of carbonyl (C=O) groups is 2. The number of halogens is 1. The Morgan fingerprint density at radius 3 is 2.17 bits per heavy atom. The molecule has 3 aromatic carbocycles. The van der Waals surface area contributed by atoms with Crippen molar-refractivity contribution in [3.05, 3.63) is 93.1 Å². The molecule has 0 saturated heterocycles. The van der Waals surface area contributed by atoms with E-state index in [2.05, 4.69) is 33.2 Å². The van der Waals surface area contributed by atoms with E-state index in [0.29, 0.717) is 6.54 Å².